The van der Waals surface area contributed by atoms with Gasteiger partial charge in [-0.05, 0) is 34.8 Å². The Morgan fingerprint density at radius 3 is 3.00 bits per heavy atom. The van der Waals surface area contributed by atoms with Crippen molar-refractivity contribution >= 4 is 21.8 Å². The molecule has 0 unspecified atom stereocenters. The average molecular weight is 339 g/mol. The van der Waals surface area contributed by atoms with Crippen LogP contribution >= 0.6 is 15.9 Å². The number of para-hydroxylation sites is 1. The van der Waals surface area contributed by atoms with Crippen LogP contribution in [0.1, 0.15) is 18.4 Å². The first kappa shape index (κ1) is 15.1. The van der Waals surface area contributed by atoms with Gasteiger partial charge in [-0.3, -0.25) is 4.79 Å². The predicted molar refractivity (Wildman–Crippen MR) is 82.7 cm³/mol. The summed E-state index contributed by atoms with van der Waals surface area (Å²) >= 11 is 3.47. The first-order valence-corrected chi connectivity index (χ1v) is 7.51. The van der Waals surface area contributed by atoms with Crippen molar-refractivity contribution in [1.29, 1.82) is 0 Å². The third-order valence-electron chi connectivity index (χ3n) is 3.00. The smallest absolute Gasteiger partial charge is 0.258 e. The number of hydrogen-bond donors (Lipinski definition) is 2. The number of ether oxygens (including phenoxy) is 1. The fourth-order valence-electron chi connectivity index (χ4n) is 1.77. The number of amides is 1. The van der Waals surface area contributed by atoms with Crippen molar-refractivity contribution in [3.05, 3.63) is 40.9 Å². The van der Waals surface area contributed by atoms with Crippen molar-refractivity contribution in [3.63, 3.8) is 0 Å². The highest BCUT2D eigenvalue weighted by molar-refractivity contribution is 9.10. The van der Waals surface area contributed by atoms with Crippen LogP contribution < -0.4 is 15.4 Å². The molecule has 0 atom stereocenters. The largest absolute Gasteiger partial charge is 0.482 e. The maximum absolute atomic E-state index is 11.6. The van der Waals surface area contributed by atoms with Crippen LogP contribution in [-0.4, -0.2) is 25.1 Å². The van der Waals surface area contributed by atoms with Crippen molar-refractivity contribution in [2.24, 2.45) is 0 Å². The van der Waals surface area contributed by atoms with Crippen LogP contribution in [0.5, 0.6) is 5.75 Å². The number of hydrogen-bond acceptors (Lipinski definition) is 3. The molecule has 1 aliphatic rings. The highest BCUT2D eigenvalue weighted by atomic mass is 79.9. The van der Waals surface area contributed by atoms with Gasteiger partial charge in [-0.25, -0.2) is 0 Å². The molecule has 1 aromatic carbocycles. The molecule has 2 rings (SSSR count). The van der Waals surface area contributed by atoms with E-state index in [1.165, 1.54) is 12.8 Å². The molecule has 20 heavy (non-hydrogen) atoms. The number of carbonyl (C=O) groups excluding carboxylic acids is 1. The predicted octanol–water partition coefficient (Wildman–Crippen LogP) is 2.38. The molecule has 0 heterocycles. The molecular weight excluding hydrogens is 320 g/mol. The molecule has 0 spiro atoms. The maximum Gasteiger partial charge on any atom is 0.258 e. The van der Waals surface area contributed by atoms with E-state index in [-0.39, 0.29) is 12.5 Å². The standard InChI is InChI=1S/C15H19BrN2O2/c1-2-8-17-14(19)10-20-15-11(4-3-5-13(15)16)9-18-12-6-7-12/h2-5,12,18H,1,6-10H2,(H,17,19). The molecule has 0 radical (unpaired) electrons. The van der Waals surface area contributed by atoms with Gasteiger partial charge in [0.15, 0.2) is 6.61 Å². The molecule has 0 aromatic heterocycles. The van der Waals surface area contributed by atoms with Crippen molar-refractivity contribution in [1.82, 2.24) is 10.6 Å². The Kier molecular flexibility index (Phi) is 5.61. The second kappa shape index (κ2) is 7.45. The molecule has 1 aromatic rings. The lowest BCUT2D eigenvalue weighted by molar-refractivity contribution is -0.122. The van der Waals surface area contributed by atoms with Gasteiger partial charge >= 0.3 is 0 Å². The van der Waals surface area contributed by atoms with Gasteiger partial charge in [0.25, 0.3) is 5.91 Å². The zero-order chi connectivity index (χ0) is 14.4. The molecule has 0 saturated heterocycles. The summed E-state index contributed by atoms with van der Waals surface area (Å²) in [5, 5.41) is 6.14. The first-order valence-electron chi connectivity index (χ1n) is 6.72. The van der Waals surface area contributed by atoms with Crippen molar-refractivity contribution in [3.8, 4) is 5.75 Å². The van der Waals surface area contributed by atoms with Crippen molar-refractivity contribution in [2.45, 2.75) is 25.4 Å². The van der Waals surface area contributed by atoms with Crippen molar-refractivity contribution < 1.29 is 9.53 Å². The molecule has 5 heteroatoms. The monoisotopic (exact) mass is 338 g/mol. The summed E-state index contributed by atoms with van der Waals surface area (Å²) < 4.78 is 6.51. The van der Waals surface area contributed by atoms with E-state index in [0.717, 1.165) is 22.3 Å². The van der Waals surface area contributed by atoms with E-state index in [2.05, 4.69) is 33.1 Å². The fraction of sp³-hybridized carbons (Fsp3) is 0.400. The Hall–Kier alpha value is -1.33. The van der Waals surface area contributed by atoms with E-state index in [1.54, 1.807) is 6.08 Å². The number of rotatable bonds is 8. The summed E-state index contributed by atoms with van der Waals surface area (Å²) in [4.78, 5) is 11.6. The summed E-state index contributed by atoms with van der Waals surface area (Å²) in [6.07, 6.45) is 4.13. The van der Waals surface area contributed by atoms with Gasteiger partial charge < -0.3 is 15.4 Å². The summed E-state index contributed by atoms with van der Waals surface area (Å²) in [5.74, 6) is 0.580. The normalized spacial score (nSPS) is 13.8. The van der Waals surface area contributed by atoms with E-state index in [1.807, 2.05) is 18.2 Å². The Labute approximate surface area is 127 Å². The zero-order valence-corrected chi connectivity index (χ0v) is 12.9. The maximum atomic E-state index is 11.6. The minimum atomic E-state index is -0.151. The van der Waals surface area contributed by atoms with E-state index in [4.69, 9.17) is 4.74 Å². The van der Waals surface area contributed by atoms with Crippen LogP contribution in [0, 0.1) is 0 Å². The molecular formula is C15H19BrN2O2. The molecule has 1 amide bonds. The van der Waals surface area contributed by atoms with Crippen LogP contribution in [0.15, 0.2) is 35.3 Å². The molecule has 1 saturated carbocycles. The number of benzene rings is 1. The van der Waals surface area contributed by atoms with E-state index >= 15 is 0 Å². The molecule has 1 aliphatic carbocycles. The Bertz CT molecular complexity index is 487. The number of halogens is 1. The minimum absolute atomic E-state index is 0.00683. The molecule has 0 aliphatic heterocycles. The Balaban J connectivity index is 1.93. The second-order valence-electron chi connectivity index (χ2n) is 4.76. The van der Waals surface area contributed by atoms with Crippen LogP contribution in [0.25, 0.3) is 0 Å². The highest BCUT2D eigenvalue weighted by Gasteiger charge is 2.21. The minimum Gasteiger partial charge on any atom is -0.482 e. The highest BCUT2D eigenvalue weighted by Crippen LogP contribution is 2.30. The molecule has 4 nitrogen and oxygen atoms in total. The molecule has 2 N–H and O–H groups in total. The SMILES string of the molecule is C=CCNC(=O)COc1c(Br)cccc1CNC1CC1. The zero-order valence-electron chi connectivity index (χ0n) is 11.3. The second-order valence-corrected chi connectivity index (χ2v) is 5.62. The summed E-state index contributed by atoms with van der Waals surface area (Å²) in [7, 11) is 0. The Morgan fingerprint density at radius 1 is 1.50 bits per heavy atom. The van der Waals surface area contributed by atoms with Crippen LogP contribution in [0.2, 0.25) is 0 Å². The fourth-order valence-corrected chi connectivity index (χ4v) is 2.29. The third kappa shape index (κ3) is 4.65. The lowest BCUT2D eigenvalue weighted by atomic mass is 10.2. The third-order valence-corrected chi connectivity index (χ3v) is 3.62. The summed E-state index contributed by atoms with van der Waals surface area (Å²) in [6.45, 7) is 4.77. The van der Waals surface area contributed by atoms with Gasteiger partial charge in [0, 0.05) is 24.7 Å². The summed E-state index contributed by atoms with van der Waals surface area (Å²) in [6, 6.07) is 6.53. The lowest BCUT2D eigenvalue weighted by Crippen LogP contribution is -2.29. The molecule has 0 bridgehead atoms. The molecule has 108 valence electrons. The van der Waals surface area contributed by atoms with Crippen LogP contribution in [0.3, 0.4) is 0 Å². The van der Waals surface area contributed by atoms with Gasteiger partial charge in [-0.1, -0.05) is 18.2 Å². The number of carbonyl (C=O) groups is 1. The van der Waals surface area contributed by atoms with Gasteiger partial charge in [0.1, 0.15) is 5.75 Å². The van der Waals surface area contributed by atoms with E-state index < -0.39 is 0 Å². The topological polar surface area (TPSA) is 50.4 Å². The summed E-state index contributed by atoms with van der Waals surface area (Å²) in [5.41, 5.74) is 1.06. The number of nitrogens with one attached hydrogen (secondary N) is 2. The van der Waals surface area contributed by atoms with E-state index in [9.17, 15) is 4.79 Å². The first-order chi connectivity index (χ1) is 9.70. The van der Waals surface area contributed by atoms with Crippen LogP contribution in [-0.2, 0) is 11.3 Å². The quantitative estimate of drug-likeness (QED) is 0.715. The average Bonchev–Trinajstić information content (AvgIpc) is 3.26. The lowest BCUT2D eigenvalue weighted by Gasteiger charge is -2.13. The van der Waals surface area contributed by atoms with Gasteiger partial charge in [-0.2, -0.15) is 0 Å². The van der Waals surface area contributed by atoms with E-state index in [0.29, 0.717) is 12.6 Å². The molecule has 1 fully saturated rings. The van der Waals surface area contributed by atoms with Crippen LogP contribution in [0.4, 0.5) is 0 Å². The Morgan fingerprint density at radius 2 is 2.30 bits per heavy atom. The van der Waals surface area contributed by atoms with Gasteiger partial charge in [0.05, 0.1) is 4.47 Å². The van der Waals surface area contributed by atoms with Crippen molar-refractivity contribution in [2.75, 3.05) is 13.2 Å². The van der Waals surface area contributed by atoms with Gasteiger partial charge in [-0.15, -0.1) is 6.58 Å². The van der Waals surface area contributed by atoms with Gasteiger partial charge in [0.2, 0.25) is 0 Å².